The largest absolute Gasteiger partial charge is 0.497 e. The summed E-state index contributed by atoms with van der Waals surface area (Å²) < 4.78 is 33.4. The number of rotatable bonds is 6. The van der Waals surface area contributed by atoms with Crippen LogP contribution in [0.2, 0.25) is 0 Å². The molecule has 0 spiro atoms. The monoisotopic (exact) mass is 388 g/mol. The molecule has 0 aromatic heterocycles. The van der Waals surface area contributed by atoms with Crippen LogP contribution in [0, 0.1) is 0 Å². The Morgan fingerprint density at radius 1 is 1.15 bits per heavy atom. The van der Waals surface area contributed by atoms with Crippen molar-refractivity contribution in [2.24, 2.45) is 0 Å². The van der Waals surface area contributed by atoms with Crippen molar-refractivity contribution in [3.63, 3.8) is 0 Å². The van der Waals surface area contributed by atoms with Gasteiger partial charge in [-0.3, -0.25) is 4.79 Å². The number of hydrogen-bond acceptors (Lipinski definition) is 4. The summed E-state index contributed by atoms with van der Waals surface area (Å²) in [7, 11) is -0.376. The molecule has 1 N–H and O–H groups in total. The second kappa shape index (κ2) is 6.98. The highest BCUT2D eigenvalue weighted by Gasteiger charge is 2.28. The molecule has 2 aromatic carbocycles. The van der Waals surface area contributed by atoms with Gasteiger partial charge in [-0.05, 0) is 41.5 Å². The smallest absolute Gasteiger partial charge is 0.240 e. The molecule has 1 heterocycles. The van der Waals surface area contributed by atoms with Crippen molar-refractivity contribution in [3.8, 4) is 5.75 Å². The van der Waals surface area contributed by atoms with Crippen molar-refractivity contribution >= 4 is 21.6 Å². The van der Waals surface area contributed by atoms with E-state index in [4.69, 9.17) is 4.74 Å². The van der Waals surface area contributed by atoms with Crippen LogP contribution in [-0.4, -0.2) is 35.0 Å². The van der Waals surface area contributed by atoms with E-state index in [1.54, 1.807) is 31.2 Å². The highest BCUT2D eigenvalue weighted by Crippen LogP contribution is 2.30. The summed E-state index contributed by atoms with van der Waals surface area (Å²) in [4.78, 5) is 13.5. The third-order valence-electron chi connectivity index (χ3n) is 5.01. The van der Waals surface area contributed by atoms with Crippen molar-refractivity contribution in [2.75, 3.05) is 25.6 Å². The third kappa shape index (κ3) is 3.84. The Bertz CT molecular complexity index is 966. The van der Waals surface area contributed by atoms with Crippen LogP contribution in [0.5, 0.6) is 5.75 Å². The maximum Gasteiger partial charge on any atom is 0.240 e. The molecule has 0 unspecified atom stereocenters. The first-order valence-electron chi connectivity index (χ1n) is 8.68. The third-order valence-corrected chi connectivity index (χ3v) is 6.41. The van der Waals surface area contributed by atoms with Crippen molar-refractivity contribution in [2.45, 2.75) is 30.6 Å². The number of nitrogens with one attached hydrogen (secondary N) is 1. The number of hydrogen-bond donors (Lipinski definition) is 1. The lowest BCUT2D eigenvalue weighted by molar-refractivity contribution is -0.117. The normalized spacial score (nSPS) is 14.4. The predicted molar refractivity (Wildman–Crippen MR) is 105 cm³/mol. The first-order valence-corrected chi connectivity index (χ1v) is 10.2. The van der Waals surface area contributed by atoms with E-state index >= 15 is 0 Å². The van der Waals surface area contributed by atoms with Crippen LogP contribution in [0.15, 0.2) is 47.4 Å². The minimum Gasteiger partial charge on any atom is -0.497 e. The Labute approximate surface area is 160 Å². The number of ether oxygens (including phenoxy) is 1. The lowest BCUT2D eigenvalue weighted by atomic mass is 9.85. The van der Waals surface area contributed by atoms with Gasteiger partial charge in [0, 0.05) is 24.7 Å². The van der Waals surface area contributed by atoms with E-state index in [1.807, 2.05) is 38.1 Å². The summed E-state index contributed by atoms with van der Waals surface area (Å²) in [5.41, 5.74) is 2.11. The van der Waals surface area contributed by atoms with Crippen molar-refractivity contribution in [1.82, 2.24) is 4.72 Å². The number of sulfonamides is 1. The minimum absolute atomic E-state index is 0.0341. The van der Waals surface area contributed by atoms with Gasteiger partial charge in [-0.25, -0.2) is 13.1 Å². The molecule has 7 heteroatoms. The Balaban J connectivity index is 1.76. The van der Waals surface area contributed by atoms with Gasteiger partial charge in [0.05, 0.1) is 18.4 Å². The first kappa shape index (κ1) is 19.4. The number of anilines is 1. The maximum absolute atomic E-state index is 12.7. The Kier molecular flexibility index (Phi) is 5.01. The van der Waals surface area contributed by atoms with Crippen LogP contribution in [-0.2, 0) is 26.7 Å². The number of fused-ring (bicyclic) bond motifs is 1. The molecule has 0 bridgehead atoms. The zero-order valence-corrected chi connectivity index (χ0v) is 16.8. The van der Waals surface area contributed by atoms with Crippen LogP contribution in [0.3, 0.4) is 0 Å². The lowest BCUT2D eigenvalue weighted by Gasteiger charge is -2.26. The molecule has 1 aliphatic rings. The molecule has 144 valence electrons. The molecule has 1 amide bonds. The zero-order valence-electron chi connectivity index (χ0n) is 15.9. The highest BCUT2D eigenvalue weighted by atomic mass is 32.2. The van der Waals surface area contributed by atoms with E-state index in [-0.39, 0.29) is 23.8 Å². The number of carbonyl (C=O) groups excluding carboxylic acids is 1. The van der Waals surface area contributed by atoms with Gasteiger partial charge in [0.2, 0.25) is 15.9 Å². The van der Waals surface area contributed by atoms with E-state index in [1.165, 1.54) is 6.07 Å². The summed E-state index contributed by atoms with van der Waals surface area (Å²) in [5, 5.41) is 0. The molecular weight excluding hydrogens is 364 g/mol. The molecule has 0 saturated carbocycles. The quantitative estimate of drug-likeness (QED) is 0.825. The van der Waals surface area contributed by atoms with Gasteiger partial charge >= 0.3 is 0 Å². The second-order valence-electron chi connectivity index (χ2n) is 7.36. The average Bonchev–Trinajstić information content (AvgIpc) is 2.94. The van der Waals surface area contributed by atoms with Gasteiger partial charge in [0.15, 0.2) is 0 Å². The van der Waals surface area contributed by atoms with Gasteiger partial charge in [0.25, 0.3) is 0 Å². The molecule has 0 fully saturated rings. The summed E-state index contributed by atoms with van der Waals surface area (Å²) >= 11 is 0. The highest BCUT2D eigenvalue weighted by molar-refractivity contribution is 7.89. The Morgan fingerprint density at radius 2 is 1.81 bits per heavy atom. The SMILES string of the molecule is COc1ccc(C(C)(C)CNS(=O)(=O)c2ccc3c(c2)CC(=O)N3C)cc1. The number of benzene rings is 2. The summed E-state index contributed by atoms with van der Waals surface area (Å²) in [5.74, 6) is 0.723. The molecule has 0 aliphatic carbocycles. The van der Waals surface area contributed by atoms with E-state index in [0.29, 0.717) is 0 Å². The van der Waals surface area contributed by atoms with Crippen LogP contribution in [0.4, 0.5) is 5.69 Å². The number of nitrogens with zero attached hydrogens (tertiary/aromatic N) is 1. The minimum atomic E-state index is -3.68. The molecule has 0 radical (unpaired) electrons. The van der Waals surface area contributed by atoms with E-state index in [2.05, 4.69) is 4.72 Å². The van der Waals surface area contributed by atoms with Crippen molar-refractivity contribution in [3.05, 3.63) is 53.6 Å². The Hall–Kier alpha value is -2.38. The fourth-order valence-corrected chi connectivity index (χ4v) is 4.38. The zero-order chi connectivity index (χ0) is 19.8. The maximum atomic E-state index is 12.7. The van der Waals surface area contributed by atoms with Crippen LogP contribution in [0.1, 0.15) is 25.0 Å². The van der Waals surface area contributed by atoms with Gasteiger partial charge < -0.3 is 9.64 Å². The number of methoxy groups -OCH3 is 1. The number of carbonyl (C=O) groups is 1. The lowest BCUT2D eigenvalue weighted by Crippen LogP contribution is -2.36. The van der Waals surface area contributed by atoms with E-state index in [0.717, 1.165) is 22.6 Å². The van der Waals surface area contributed by atoms with Gasteiger partial charge in [-0.1, -0.05) is 26.0 Å². The predicted octanol–water partition coefficient (Wildman–Crippen LogP) is 2.47. The molecule has 3 rings (SSSR count). The first-order chi connectivity index (χ1) is 12.6. The van der Waals surface area contributed by atoms with Crippen molar-refractivity contribution in [1.29, 1.82) is 0 Å². The molecule has 0 atom stereocenters. The summed E-state index contributed by atoms with van der Waals surface area (Å²) in [6.45, 7) is 4.21. The standard InChI is InChI=1S/C20H24N2O4S/c1-20(2,15-5-7-16(26-4)8-6-15)13-21-27(24,25)17-9-10-18-14(11-17)12-19(23)22(18)3/h5-11,21H,12-13H2,1-4H3. The van der Waals surface area contributed by atoms with Gasteiger partial charge in [-0.2, -0.15) is 0 Å². The topological polar surface area (TPSA) is 75.7 Å². The second-order valence-corrected chi connectivity index (χ2v) is 9.12. The molecule has 1 aliphatic heterocycles. The van der Waals surface area contributed by atoms with E-state index in [9.17, 15) is 13.2 Å². The van der Waals surface area contributed by atoms with E-state index < -0.39 is 15.4 Å². The average molecular weight is 388 g/mol. The number of likely N-dealkylation sites (N-methyl/N-ethyl adjacent to an activating group) is 1. The molecule has 0 saturated heterocycles. The van der Waals surface area contributed by atoms with Crippen LogP contribution >= 0.6 is 0 Å². The summed E-state index contributed by atoms with van der Waals surface area (Å²) in [6, 6.07) is 12.4. The molecule has 6 nitrogen and oxygen atoms in total. The molecule has 27 heavy (non-hydrogen) atoms. The Morgan fingerprint density at radius 3 is 2.44 bits per heavy atom. The van der Waals surface area contributed by atoms with Gasteiger partial charge in [-0.15, -0.1) is 0 Å². The number of amides is 1. The molecule has 2 aromatic rings. The van der Waals surface area contributed by atoms with Gasteiger partial charge in [0.1, 0.15) is 5.75 Å². The fourth-order valence-electron chi connectivity index (χ4n) is 3.12. The molecular formula is C20H24N2O4S. The van der Waals surface area contributed by atoms with Crippen molar-refractivity contribution < 1.29 is 17.9 Å². The van der Waals surface area contributed by atoms with Crippen LogP contribution in [0.25, 0.3) is 0 Å². The van der Waals surface area contributed by atoms with Crippen LogP contribution < -0.4 is 14.4 Å². The summed E-state index contributed by atoms with van der Waals surface area (Å²) in [6.07, 6.45) is 0.229. The fraction of sp³-hybridized carbons (Fsp3) is 0.350.